The third-order valence-electron chi connectivity index (χ3n) is 3.04. The Bertz CT molecular complexity index is 605. The molecule has 0 atom stereocenters. The molecule has 0 aliphatic heterocycles. The number of ketones is 1. The molecule has 0 aliphatic rings. The van der Waals surface area contributed by atoms with Crippen molar-refractivity contribution in [3.63, 3.8) is 0 Å². The average Bonchev–Trinajstić information content (AvgIpc) is 2.41. The maximum Gasteiger partial charge on any atom is 0.167 e. The normalized spacial score (nSPS) is 10.3. The zero-order valence-corrected chi connectivity index (χ0v) is 10.9. The van der Waals surface area contributed by atoms with Crippen molar-refractivity contribution in [1.29, 1.82) is 0 Å². The number of hydrogen-bond acceptors (Lipinski definition) is 2. The Morgan fingerprint density at radius 1 is 1.21 bits per heavy atom. The summed E-state index contributed by atoms with van der Waals surface area (Å²) in [5, 5.41) is 0. The molecule has 98 valence electrons. The van der Waals surface area contributed by atoms with Gasteiger partial charge in [-0.25, -0.2) is 4.39 Å². The molecule has 0 fully saturated rings. The Balaban J connectivity index is 2.23. The highest BCUT2D eigenvalue weighted by Gasteiger charge is 2.12. The number of Topliss-reactive ketones (excluding diaryl/α,β-unsaturated/α-hetero) is 1. The van der Waals surface area contributed by atoms with Gasteiger partial charge in [-0.15, -0.1) is 0 Å². The zero-order valence-electron chi connectivity index (χ0n) is 10.9. The van der Waals surface area contributed by atoms with Crippen LogP contribution in [0.1, 0.15) is 21.5 Å². The van der Waals surface area contributed by atoms with Gasteiger partial charge in [0.2, 0.25) is 0 Å². The Morgan fingerprint density at radius 3 is 2.58 bits per heavy atom. The fraction of sp³-hybridized carbons (Fsp3) is 0.188. The van der Waals surface area contributed by atoms with Crippen LogP contribution in [-0.2, 0) is 6.42 Å². The Hall–Kier alpha value is -2.16. The first-order chi connectivity index (χ1) is 9.11. The topological polar surface area (TPSA) is 26.3 Å². The number of halogens is 1. The van der Waals surface area contributed by atoms with Crippen LogP contribution in [0.25, 0.3) is 0 Å². The second-order valence-corrected chi connectivity index (χ2v) is 4.37. The van der Waals surface area contributed by atoms with Gasteiger partial charge in [0.1, 0.15) is 11.6 Å². The van der Waals surface area contributed by atoms with Crippen LogP contribution in [-0.4, -0.2) is 12.9 Å². The third-order valence-corrected chi connectivity index (χ3v) is 3.04. The maximum absolute atomic E-state index is 13.5. The summed E-state index contributed by atoms with van der Waals surface area (Å²) in [6.07, 6.45) is 0.0693. The standard InChI is InChI=1S/C16H15FO2/c1-11-9-13(19-2)7-8-14(11)16(18)10-12-5-3-4-6-15(12)17/h3-9H,10H2,1-2H3. The molecule has 2 nitrogen and oxygen atoms in total. The van der Waals surface area contributed by atoms with Crippen molar-refractivity contribution < 1.29 is 13.9 Å². The summed E-state index contributed by atoms with van der Waals surface area (Å²) < 4.78 is 18.6. The van der Waals surface area contributed by atoms with E-state index in [0.29, 0.717) is 16.9 Å². The van der Waals surface area contributed by atoms with Crippen LogP contribution in [0.4, 0.5) is 4.39 Å². The molecule has 2 rings (SSSR count). The molecule has 0 N–H and O–H groups in total. The van der Waals surface area contributed by atoms with Gasteiger partial charge in [0, 0.05) is 12.0 Å². The van der Waals surface area contributed by atoms with Crippen LogP contribution in [0.3, 0.4) is 0 Å². The molecule has 0 saturated carbocycles. The van der Waals surface area contributed by atoms with E-state index in [9.17, 15) is 9.18 Å². The van der Waals surface area contributed by atoms with Gasteiger partial charge >= 0.3 is 0 Å². The molecule has 0 amide bonds. The van der Waals surface area contributed by atoms with E-state index in [2.05, 4.69) is 0 Å². The number of ether oxygens (including phenoxy) is 1. The minimum Gasteiger partial charge on any atom is -0.497 e. The largest absolute Gasteiger partial charge is 0.497 e. The number of hydrogen-bond donors (Lipinski definition) is 0. The smallest absolute Gasteiger partial charge is 0.167 e. The van der Waals surface area contributed by atoms with Crippen LogP contribution in [0, 0.1) is 12.7 Å². The van der Waals surface area contributed by atoms with Gasteiger partial charge in [0.15, 0.2) is 5.78 Å². The minimum atomic E-state index is -0.345. The van der Waals surface area contributed by atoms with E-state index in [1.54, 1.807) is 43.5 Å². The molecule has 2 aromatic carbocycles. The van der Waals surface area contributed by atoms with Gasteiger partial charge in [-0.05, 0) is 42.3 Å². The first-order valence-corrected chi connectivity index (χ1v) is 6.03. The molecule has 0 aromatic heterocycles. The molecule has 0 saturated heterocycles. The van der Waals surface area contributed by atoms with Crippen LogP contribution < -0.4 is 4.74 Å². The van der Waals surface area contributed by atoms with Gasteiger partial charge in [0.25, 0.3) is 0 Å². The SMILES string of the molecule is COc1ccc(C(=O)Cc2ccccc2F)c(C)c1. The minimum absolute atomic E-state index is 0.0693. The second kappa shape index (κ2) is 5.65. The monoisotopic (exact) mass is 258 g/mol. The van der Waals surface area contributed by atoms with Crippen molar-refractivity contribution in [3.8, 4) is 5.75 Å². The molecule has 2 aromatic rings. The average molecular weight is 258 g/mol. The van der Waals surface area contributed by atoms with E-state index >= 15 is 0 Å². The molecule has 0 aliphatic carbocycles. The van der Waals surface area contributed by atoms with Gasteiger partial charge < -0.3 is 4.74 Å². The lowest BCUT2D eigenvalue weighted by Gasteiger charge is -2.08. The summed E-state index contributed by atoms with van der Waals surface area (Å²) in [7, 11) is 1.58. The summed E-state index contributed by atoms with van der Waals surface area (Å²) in [6.45, 7) is 1.84. The summed E-state index contributed by atoms with van der Waals surface area (Å²) in [6, 6.07) is 11.6. The predicted molar refractivity (Wildman–Crippen MR) is 72.2 cm³/mol. The van der Waals surface area contributed by atoms with Gasteiger partial charge in [-0.1, -0.05) is 18.2 Å². The van der Waals surface area contributed by atoms with E-state index in [0.717, 1.165) is 5.56 Å². The molecule has 0 radical (unpaired) electrons. The van der Waals surface area contributed by atoms with Crippen LogP contribution >= 0.6 is 0 Å². The molecule has 3 heteroatoms. The fourth-order valence-corrected chi connectivity index (χ4v) is 1.99. The van der Waals surface area contributed by atoms with Gasteiger partial charge in [-0.2, -0.15) is 0 Å². The summed E-state index contributed by atoms with van der Waals surface area (Å²) >= 11 is 0. The molecular weight excluding hydrogens is 243 g/mol. The number of benzene rings is 2. The Kier molecular flexibility index (Phi) is 3.95. The Morgan fingerprint density at radius 2 is 1.95 bits per heavy atom. The third kappa shape index (κ3) is 2.99. The van der Waals surface area contributed by atoms with E-state index in [-0.39, 0.29) is 18.0 Å². The quantitative estimate of drug-likeness (QED) is 0.784. The molecule has 0 spiro atoms. The summed E-state index contributed by atoms with van der Waals surface area (Å²) in [5.74, 6) is 0.271. The van der Waals surface area contributed by atoms with Crippen LogP contribution in [0.15, 0.2) is 42.5 Å². The van der Waals surface area contributed by atoms with Crippen LogP contribution in [0.2, 0.25) is 0 Å². The zero-order chi connectivity index (χ0) is 13.8. The van der Waals surface area contributed by atoms with Gasteiger partial charge in [-0.3, -0.25) is 4.79 Å². The maximum atomic E-state index is 13.5. The fourth-order valence-electron chi connectivity index (χ4n) is 1.99. The number of aryl methyl sites for hydroxylation is 1. The van der Waals surface area contributed by atoms with Gasteiger partial charge in [0.05, 0.1) is 7.11 Å². The molecule has 0 unspecified atom stereocenters. The summed E-state index contributed by atoms with van der Waals surface area (Å²) in [5.41, 5.74) is 1.85. The number of carbonyl (C=O) groups is 1. The second-order valence-electron chi connectivity index (χ2n) is 4.37. The highest BCUT2D eigenvalue weighted by molar-refractivity contribution is 5.98. The van der Waals surface area contributed by atoms with Crippen LogP contribution in [0.5, 0.6) is 5.75 Å². The summed E-state index contributed by atoms with van der Waals surface area (Å²) in [4.78, 5) is 12.2. The molecule has 0 heterocycles. The lowest BCUT2D eigenvalue weighted by molar-refractivity contribution is 0.0991. The molecule has 19 heavy (non-hydrogen) atoms. The number of rotatable bonds is 4. The molecule has 0 bridgehead atoms. The van der Waals surface area contributed by atoms with Crippen molar-refractivity contribution in [2.24, 2.45) is 0 Å². The van der Waals surface area contributed by atoms with E-state index in [1.165, 1.54) is 6.07 Å². The van der Waals surface area contributed by atoms with E-state index in [4.69, 9.17) is 4.74 Å². The lowest BCUT2D eigenvalue weighted by Crippen LogP contribution is -2.07. The number of methoxy groups -OCH3 is 1. The van der Waals surface area contributed by atoms with Crippen molar-refractivity contribution in [2.75, 3.05) is 7.11 Å². The van der Waals surface area contributed by atoms with Crippen molar-refractivity contribution >= 4 is 5.78 Å². The highest BCUT2D eigenvalue weighted by Crippen LogP contribution is 2.19. The number of carbonyl (C=O) groups excluding carboxylic acids is 1. The van der Waals surface area contributed by atoms with Crippen molar-refractivity contribution in [3.05, 3.63) is 65.0 Å². The highest BCUT2D eigenvalue weighted by atomic mass is 19.1. The van der Waals surface area contributed by atoms with E-state index in [1.807, 2.05) is 6.92 Å². The lowest BCUT2D eigenvalue weighted by atomic mass is 9.99. The van der Waals surface area contributed by atoms with Crippen molar-refractivity contribution in [2.45, 2.75) is 13.3 Å². The molecular formula is C16H15FO2. The first kappa shape index (κ1) is 13.3. The first-order valence-electron chi connectivity index (χ1n) is 6.03. The predicted octanol–water partition coefficient (Wildman–Crippen LogP) is 3.57. The van der Waals surface area contributed by atoms with Crippen molar-refractivity contribution in [1.82, 2.24) is 0 Å². The Labute approximate surface area is 111 Å². The van der Waals surface area contributed by atoms with E-state index < -0.39 is 0 Å².